The molecule has 0 fully saturated rings. The summed E-state index contributed by atoms with van der Waals surface area (Å²) in [5, 5.41) is 12.3. The van der Waals surface area contributed by atoms with Gasteiger partial charge in [-0.05, 0) is 5.56 Å². The second-order valence-corrected chi connectivity index (χ2v) is 5.50. The highest BCUT2D eigenvalue weighted by atomic mass is 16.5. The number of hydrogen-bond donors (Lipinski definition) is 0. The molecule has 8 heteroatoms. The molecule has 24 heavy (non-hydrogen) atoms. The summed E-state index contributed by atoms with van der Waals surface area (Å²) < 4.78 is 8.70. The second kappa shape index (κ2) is 5.73. The summed E-state index contributed by atoms with van der Waals surface area (Å²) in [7, 11) is 1.93. The van der Waals surface area contributed by atoms with E-state index in [-0.39, 0.29) is 0 Å². The van der Waals surface area contributed by atoms with Gasteiger partial charge in [-0.25, -0.2) is 9.67 Å². The van der Waals surface area contributed by atoms with E-state index in [2.05, 4.69) is 25.4 Å². The van der Waals surface area contributed by atoms with Crippen LogP contribution in [0.3, 0.4) is 0 Å². The van der Waals surface area contributed by atoms with Crippen LogP contribution in [0.4, 0.5) is 0 Å². The number of nitrogens with zero attached hydrogens (tertiary/aromatic N) is 7. The Balaban J connectivity index is 1.52. The molecule has 0 aliphatic rings. The molecular formula is C16H15N7O. The highest BCUT2D eigenvalue weighted by Gasteiger charge is 2.09. The standard InChI is InChI=1S/C16H15N7O/c1-11-18-15(20-24-11)13-5-3-12(4-6-13)9-23-10-14(19-21-23)16-17-7-8-22(16)2/h3-8,10H,9H2,1-2H3. The third kappa shape index (κ3) is 2.69. The van der Waals surface area contributed by atoms with Crippen molar-refractivity contribution in [3.05, 3.63) is 54.3 Å². The second-order valence-electron chi connectivity index (χ2n) is 5.50. The zero-order valence-electron chi connectivity index (χ0n) is 13.3. The maximum Gasteiger partial charge on any atom is 0.223 e. The first-order chi connectivity index (χ1) is 11.7. The minimum atomic E-state index is 0.554. The summed E-state index contributed by atoms with van der Waals surface area (Å²) in [6.07, 6.45) is 5.51. The molecule has 4 aromatic rings. The predicted octanol–water partition coefficient (Wildman–Crippen LogP) is 2.09. The topological polar surface area (TPSA) is 87.5 Å². The maximum absolute atomic E-state index is 5.00. The molecule has 8 nitrogen and oxygen atoms in total. The van der Waals surface area contributed by atoms with Gasteiger partial charge in [-0.3, -0.25) is 0 Å². The van der Waals surface area contributed by atoms with Crippen molar-refractivity contribution in [2.75, 3.05) is 0 Å². The average molecular weight is 321 g/mol. The van der Waals surface area contributed by atoms with Gasteiger partial charge in [0.15, 0.2) is 5.82 Å². The van der Waals surface area contributed by atoms with E-state index >= 15 is 0 Å². The van der Waals surface area contributed by atoms with Gasteiger partial charge in [-0.1, -0.05) is 34.6 Å². The molecule has 0 saturated heterocycles. The van der Waals surface area contributed by atoms with Gasteiger partial charge in [-0.15, -0.1) is 5.10 Å². The fourth-order valence-corrected chi connectivity index (χ4v) is 2.45. The lowest BCUT2D eigenvalue weighted by Crippen LogP contribution is -2.00. The quantitative estimate of drug-likeness (QED) is 0.572. The summed E-state index contributed by atoms with van der Waals surface area (Å²) in [6.45, 7) is 2.40. The van der Waals surface area contributed by atoms with E-state index in [1.807, 2.05) is 48.3 Å². The molecule has 120 valence electrons. The van der Waals surface area contributed by atoms with Crippen LogP contribution in [-0.2, 0) is 13.6 Å². The average Bonchev–Trinajstić information content (AvgIpc) is 3.30. The first kappa shape index (κ1) is 14.3. The van der Waals surface area contributed by atoms with Crippen molar-refractivity contribution in [3.8, 4) is 22.9 Å². The normalized spacial score (nSPS) is 11.1. The van der Waals surface area contributed by atoms with Gasteiger partial charge < -0.3 is 9.09 Å². The van der Waals surface area contributed by atoms with Crippen molar-refractivity contribution in [1.82, 2.24) is 34.7 Å². The molecule has 0 bridgehead atoms. The van der Waals surface area contributed by atoms with Gasteiger partial charge in [0.2, 0.25) is 11.7 Å². The van der Waals surface area contributed by atoms with Crippen LogP contribution in [0.25, 0.3) is 22.9 Å². The third-order valence-corrected chi connectivity index (χ3v) is 3.67. The van der Waals surface area contributed by atoms with E-state index in [0.29, 0.717) is 18.3 Å². The summed E-state index contributed by atoms with van der Waals surface area (Å²) in [4.78, 5) is 8.50. The van der Waals surface area contributed by atoms with E-state index in [1.54, 1.807) is 17.8 Å². The van der Waals surface area contributed by atoms with Gasteiger partial charge in [0.25, 0.3) is 0 Å². The van der Waals surface area contributed by atoms with Gasteiger partial charge in [0.05, 0.1) is 12.7 Å². The summed E-state index contributed by atoms with van der Waals surface area (Å²) in [5.41, 5.74) is 2.78. The zero-order chi connectivity index (χ0) is 16.5. The highest BCUT2D eigenvalue weighted by Crippen LogP contribution is 2.17. The van der Waals surface area contributed by atoms with Crippen LogP contribution in [-0.4, -0.2) is 34.7 Å². The molecule has 4 rings (SSSR count). The smallest absolute Gasteiger partial charge is 0.223 e. The molecule has 1 aromatic carbocycles. The van der Waals surface area contributed by atoms with Crippen molar-refractivity contribution in [3.63, 3.8) is 0 Å². The monoisotopic (exact) mass is 321 g/mol. The highest BCUT2D eigenvalue weighted by molar-refractivity contribution is 5.54. The molecule has 3 heterocycles. The van der Waals surface area contributed by atoms with E-state index in [9.17, 15) is 0 Å². The van der Waals surface area contributed by atoms with E-state index in [1.165, 1.54) is 0 Å². The molecule has 0 spiro atoms. The van der Waals surface area contributed by atoms with Crippen LogP contribution in [0.15, 0.2) is 47.4 Å². The summed E-state index contributed by atoms with van der Waals surface area (Å²) in [5.74, 6) is 1.94. The first-order valence-electron chi connectivity index (χ1n) is 7.46. The van der Waals surface area contributed by atoms with Crippen molar-refractivity contribution >= 4 is 0 Å². The van der Waals surface area contributed by atoms with Crippen LogP contribution in [0.1, 0.15) is 11.5 Å². The number of imidazole rings is 1. The van der Waals surface area contributed by atoms with Crippen molar-refractivity contribution < 1.29 is 4.52 Å². The van der Waals surface area contributed by atoms with Gasteiger partial charge >= 0.3 is 0 Å². The largest absolute Gasteiger partial charge is 0.339 e. The number of benzene rings is 1. The molecule has 0 radical (unpaired) electrons. The lowest BCUT2D eigenvalue weighted by Gasteiger charge is -2.02. The minimum Gasteiger partial charge on any atom is -0.339 e. The van der Waals surface area contributed by atoms with Crippen LogP contribution < -0.4 is 0 Å². The van der Waals surface area contributed by atoms with Gasteiger partial charge in [0, 0.05) is 31.9 Å². The van der Waals surface area contributed by atoms with Crippen LogP contribution in [0.2, 0.25) is 0 Å². The Labute approximate surface area is 137 Å². The number of aryl methyl sites for hydroxylation is 2. The molecule has 0 saturated carbocycles. The molecule has 0 unspecified atom stereocenters. The van der Waals surface area contributed by atoms with E-state index in [0.717, 1.165) is 22.6 Å². The van der Waals surface area contributed by atoms with E-state index < -0.39 is 0 Å². The number of aromatic nitrogens is 7. The molecule has 0 atom stereocenters. The molecule has 0 N–H and O–H groups in total. The number of rotatable bonds is 4. The summed E-state index contributed by atoms with van der Waals surface area (Å²) in [6, 6.07) is 7.97. The van der Waals surface area contributed by atoms with Crippen molar-refractivity contribution in [1.29, 1.82) is 0 Å². The predicted molar refractivity (Wildman–Crippen MR) is 85.8 cm³/mol. The number of hydrogen-bond acceptors (Lipinski definition) is 6. The van der Waals surface area contributed by atoms with Gasteiger partial charge in [-0.2, -0.15) is 4.98 Å². The third-order valence-electron chi connectivity index (χ3n) is 3.67. The Morgan fingerprint density at radius 3 is 2.67 bits per heavy atom. The van der Waals surface area contributed by atoms with Crippen molar-refractivity contribution in [2.24, 2.45) is 7.05 Å². The Bertz CT molecular complexity index is 964. The zero-order valence-corrected chi connectivity index (χ0v) is 13.3. The molecular weight excluding hydrogens is 306 g/mol. The Hall–Kier alpha value is -3.29. The van der Waals surface area contributed by atoms with Crippen molar-refractivity contribution in [2.45, 2.75) is 13.5 Å². The minimum absolute atomic E-state index is 0.554. The Morgan fingerprint density at radius 2 is 2.00 bits per heavy atom. The van der Waals surface area contributed by atoms with E-state index in [4.69, 9.17) is 4.52 Å². The van der Waals surface area contributed by atoms with Crippen LogP contribution in [0, 0.1) is 6.92 Å². The molecule has 0 aliphatic carbocycles. The Morgan fingerprint density at radius 1 is 1.17 bits per heavy atom. The fourth-order valence-electron chi connectivity index (χ4n) is 2.45. The van der Waals surface area contributed by atoms with Crippen LogP contribution in [0.5, 0.6) is 0 Å². The lowest BCUT2D eigenvalue weighted by atomic mass is 10.1. The fraction of sp³-hybridized carbons (Fsp3) is 0.188. The first-order valence-corrected chi connectivity index (χ1v) is 7.46. The molecule has 0 amide bonds. The van der Waals surface area contributed by atoms with Gasteiger partial charge in [0.1, 0.15) is 5.69 Å². The SMILES string of the molecule is Cc1nc(-c2ccc(Cn3cc(-c4nccn4C)nn3)cc2)no1. The molecule has 3 aromatic heterocycles. The lowest BCUT2D eigenvalue weighted by molar-refractivity contribution is 0.394. The maximum atomic E-state index is 5.00. The summed E-state index contributed by atoms with van der Waals surface area (Å²) >= 11 is 0. The molecule has 0 aliphatic heterocycles. The van der Waals surface area contributed by atoms with Crippen LogP contribution >= 0.6 is 0 Å². The Kier molecular flexibility index (Phi) is 3.42.